The summed E-state index contributed by atoms with van der Waals surface area (Å²) < 4.78 is 5.13. The van der Waals surface area contributed by atoms with Crippen molar-refractivity contribution in [1.82, 2.24) is 10.1 Å². The van der Waals surface area contributed by atoms with Crippen molar-refractivity contribution in [2.24, 2.45) is 0 Å². The molecule has 2 rings (SSSR count). The topological polar surface area (TPSA) is 64.9 Å². The van der Waals surface area contributed by atoms with Crippen LogP contribution in [0.2, 0.25) is 0 Å². The number of hydrogen-bond acceptors (Lipinski definition) is 4. The van der Waals surface area contributed by atoms with Crippen LogP contribution in [0.3, 0.4) is 0 Å². The zero-order valence-corrected chi connectivity index (χ0v) is 11.4. The van der Waals surface area contributed by atoms with Crippen LogP contribution in [0, 0.1) is 0 Å². The van der Waals surface area contributed by atoms with Gasteiger partial charge in [0.05, 0.1) is 11.3 Å². The molecule has 0 atom stereocenters. The number of aryl methyl sites for hydroxylation is 1. The van der Waals surface area contributed by atoms with Gasteiger partial charge in [0.25, 0.3) is 0 Å². The van der Waals surface area contributed by atoms with Crippen LogP contribution in [0.25, 0.3) is 11.1 Å². The Bertz CT molecular complexity index is 493. The molecule has 2 N–H and O–H groups in total. The smallest absolute Gasteiger partial charge is 0.230 e. The van der Waals surface area contributed by atoms with Crippen LogP contribution in [0.5, 0.6) is 0 Å². The standard InChI is InChI=1S/C15H21N3O/c1-2-3-4-5-6-9-13-14(15(16)19-18-13)12-8-7-10-17-11-12/h7-8,10-11H,2-6,9,16H2,1H3. The predicted octanol–water partition coefficient (Wildman–Crippen LogP) is 3.83. The Kier molecular flexibility index (Phi) is 4.95. The number of nitrogen functional groups attached to an aromatic ring is 1. The van der Waals surface area contributed by atoms with Crippen LogP contribution in [0.1, 0.15) is 44.7 Å². The van der Waals surface area contributed by atoms with Crippen LogP contribution >= 0.6 is 0 Å². The quantitative estimate of drug-likeness (QED) is 0.767. The van der Waals surface area contributed by atoms with Crippen LogP contribution in [0.4, 0.5) is 5.88 Å². The number of hydrogen-bond donors (Lipinski definition) is 1. The summed E-state index contributed by atoms with van der Waals surface area (Å²) in [4.78, 5) is 4.12. The summed E-state index contributed by atoms with van der Waals surface area (Å²) in [7, 11) is 0. The summed E-state index contributed by atoms with van der Waals surface area (Å²) in [5.74, 6) is 0.386. The van der Waals surface area contributed by atoms with Gasteiger partial charge in [-0.25, -0.2) is 0 Å². The fourth-order valence-electron chi connectivity index (χ4n) is 2.22. The van der Waals surface area contributed by atoms with Crippen molar-refractivity contribution in [3.8, 4) is 11.1 Å². The van der Waals surface area contributed by atoms with Crippen molar-refractivity contribution >= 4 is 5.88 Å². The molecule has 0 saturated carbocycles. The molecule has 0 aliphatic rings. The van der Waals surface area contributed by atoms with Gasteiger partial charge in [0, 0.05) is 18.0 Å². The first-order valence-electron chi connectivity index (χ1n) is 6.97. The van der Waals surface area contributed by atoms with E-state index in [0.29, 0.717) is 5.88 Å². The molecule has 102 valence electrons. The lowest BCUT2D eigenvalue weighted by Gasteiger charge is -2.02. The van der Waals surface area contributed by atoms with Gasteiger partial charge in [-0.15, -0.1) is 0 Å². The first-order valence-corrected chi connectivity index (χ1v) is 6.97. The summed E-state index contributed by atoms with van der Waals surface area (Å²) in [5.41, 5.74) is 8.70. The van der Waals surface area contributed by atoms with Crippen LogP contribution in [-0.2, 0) is 6.42 Å². The van der Waals surface area contributed by atoms with Gasteiger partial charge in [0.2, 0.25) is 5.88 Å². The van der Waals surface area contributed by atoms with Crippen molar-refractivity contribution in [2.75, 3.05) is 5.73 Å². The maximum absolute atomic E-state index is 5.87. The van der Waals surface area contributed by atoms with Crippen molar-refractivity contribution in [3.63, 3.8) is 0 Å². The molecule has 0 unspecified atom stereocenters. The van der Waals surface area contributed by atoms with Gasteiger partial charge in [-0.1, -0.05) is 43.8 Å². The highest BCUT2D eigenvalue weighted by atomic mass is 16.5. The Morgan fingerprint density at radius 2 is 2.05 bits per heavy atom. The SMILES string of the molecule is CCCCCCCc1noc(N)c1-c1cccnc1. The molecule has 0 amide bonds. The highest BCUT2D eigenvalue weighted by Gasteiger charge is 2.15. The molecule has 0 aromatic carbocycles. The molecule has 0 aliphatic heterocycles. The fourth-order valence-corrected chi connectivity index (χ4v) is 2.22. The fraction of sp³-hybridized carbons (Fsp3) is 0.467. The van der Waals surface area contributed by atoms with Crippen LogP contribution < -0.4 is 5.73 Å². The van der Waals surface area contributed by atoms with Crippen molar-refractivity contribution in [2.45, 2.75) is 45.4 Å². The minimum Gasteiger partial charge on any atom is -0.367 e. The molecule has 2 aromatic rings. The summed E-state index contributed by atoms with van der Waals surface area (Å²) in [6.45, 7) is 2.22. The van der Waals surface area contributed by atoms with Gasteiger partial charge >= 0.3 is 0 Å². The third kappa shape index (κ3) is 3.56. The summed E-state index contributed by atoms with van der Waals surface area (Å²) in [6.07, 6.45) is 10.7. The molecule has 2 heterocycles. The third-order valence-corrected chi connectivity index (χ3v) is 3.26. The van der Waals surface area contributed by atoms with E-state index in [1.54, 1.807) is 12.4 Å². The molecule has 2 aromatic heterocycles. The molecule has 0 spiro atoms. The first-order chi connectivity index (χ1) is 9.33. The van der Waals surface area contributed by atoms with Gasteiger partial charge < -0.3 is 10.3 Å². The lowest BCUT2D eigenvalue weighted by molar-refractivity contribution is 0.426. The number of rotatable bonds is 7. The normalized spacial score (nSPS) is 10.8. The number of pyridine rings is 1. The first kappa shape index (κ1) is 13.6. The molecule has 4 nitrogen and oxygen atoms in total. The van der Waals surface area contributed by atoms with Crippen molar-refractivity contribution < 1.29 is 4.52 Å². The zero-order valence-electron chi connectivity index (χ0n) is 11.4. The molecule has 19 heavy (non-hydrogen) atoms. The van der Waals surface area contributed by atoms with Gasteiger partial charge in [-0.3, -0.25) is 4.98 Å². The zero-order chi connectivity index (χ0) is 13.5. The minimum absolute atomic E-state index is 0.386. The molecular formula is C15H21N3O. The van der Waals surface area contributed by atoms with E-state index >= 15 is 0 Å². The maximum Gasteiger partial charge on any atom is 0.230 e. The Morgan fingerprint density at radius 1 is 1.21 bits per heavy atom. The number of aromatic nitrogens is 2. The molecule has 0 fully saturated rings. The molecular weight excluding hydrogens is 238 g/mol. The number of nitrogens with two attached hydrogens (primary N) is 1. The second-order valence-electron chi connectivity index (χ2n) is 4.77. The highest BCUT2D eigenvalue weighted by molar-refractivity contribution is 5.74. The van der Waals surface area contributed by atoms with Gasteiger partial charge in [-0.2, -0.15) is 0 Å². The monoisotopic (exact) mass is 259 g/mol. The summed E-state index contributed by atoms with van der Waals surface area (Å²) in [5, 5.41) is 4.08. The molecule has 0 saturated heterocycles. The second-order valence-corrected chi connectivity index (χ2v) is 4.77. The van der Waals surface area contributed by atoms with Gasteiger partial charge in [0.1, 0.15) is 0 Å². The number of anilines is 1. The Labute approximate surface area is 114 Å². The predicted molar refractivity (Wildman–Crippen MR) is 76.6 cm³/mol. The lowest BCUT2D eigenvalue weighted by Crippen LogP contribution is -1.92. The Morgan fingerprint density at radius 3 is 2.79 bits per heavy atom. The van der Waals surface area contributed by atoms with E-state index in [1.165, 1.54) is 25.7 Å². The number of unbranched alkanes of at least 4 members (excludes halogenated alkanes) is 4. The second kappa shape index (κ2) is 6.92. The molecule has 4 heteroatoms. The number of nitrogens with zero attached hydrogens (tertiary/aromatic N) is 2. The van der Waals surface area contributed by atoms with E-state index < -0.39 is 0 Å². The Hall–Kier alpha value is -1.84. The van der Waals surface area contributed by atoms with Gasteiger partial charge in [0.15, 0.2) is 0 Å². The minimum atomic E-state index is 0.386. The summed E-state index contributed by atoms with van der Waals surface area (Å²) in [6, 6.07) is 3.88. The van der Waals surface area contributed by atoms with Crippen LogP contribution in [-0.4, -0.2) is 10.1 Å². The van der Waals surface area contributed by atoms with Crippen molar-refractivity contribution in [1.29, 1.82) is 0 Å². The third-order valence-electron chi connectivity index (χ3n) is 3.26. The maximum atomic E-state index is 5.87. The molecule has 0 aliphatic carbocycles. The molecule has 0 radical (unpaired) electrons. The average Bonchev–Trinajstić information content (AvgIpc) is 2.81. The van der Waals surface area contributed by atoms with E-state index in [9.17, 15) is 0 Å². The van der Waals surface area contributed by atoms with Gasteiger partial charge in [-0.05, 0) is 18.9 Å². The summed E-state index contributed by atoms with van der Waals surface area (Å²) >= 11 is 0. The highest BCUT2D eigenvalue weighted by Crippen LogP contribution is 2.29. The van der Waals surface area contributed by atoms with E-state index in [1.807, 2.05) is 12.1 Å². The lowest BCUT2D eigenvalue weighted by atomic mass is 10.0. The van der Waals surface area contributed by atoms with Crippen molar-refractivity contribution in [3.05, 3.63) is 30.2 Å². The van der Waals surface area contributed by atoms with E-state index in [4.69, 9.17) is 10.3 Å². The van der Waals surface area contributed by atoms with E-state index in [-0.39, 0.29) is 0 Å². The van der Waals surface area contributed by atoms with Crippen LogP contribution in [0.15, 0.2) is 29.0 Å². The van der Waals surface area contributed by atoms with E-state index in [0.717, 1.165) is 29.7 Å². The average molecular weight is 259 g/mol. The molecule has 0 bridgehead atoms. The van der Waals surface area contributed by atoms with E-state index in [2.05, 4.69) is 17.1 Å². The largest absolute Gasteiger partial charge is 0.367 e. The Balaban J connectivity index is 2.02.